The average Bonchev–Trinajstić information content (AvgIpc) is 2.96. The molecule has 0 fully saturated rings. The number of para-hydroxylation sites is 2. The van der Waals surface area contributed by atoms with Crippen LogP contribution in [0.4, 0.5) is 0 Å². The van der Waals surface area contributed by atoms with Crippen molar-refractivity contribution >= 4 is 23.4 Å². The van der Waals surface area contributed by atoms with Gasteiger partial charge in [-0.1, -0.05) is 90.5 Å². The van der Waals surface area contributed by atoms with E-state index in [9.17, 15) is 9.59 Å². The average molecular weight is 529 g/mol. The van der Waals surface area contributed by atoms with Gasteiger partial charge < -0.3 is 19.7 Å². The summed E-state index contributed by atoms with van der Waals surface area (Å²) in [5.41, 5.74) is 2.35. The molecule has 1 atom stereocenters. The first-order chi connectivity index (χ1) is 18.5. The third-order valence-corrected chi connectivity index (χ3v) is 6.26. The molecule has 0 heterocycles. The Bertz CT molecular complexity index is 1330. The van der Waals surface area contributed by atoms with Crippen molar-refractivity contribution in [3.8, 4) is 11.5 Å². The zero-order valence-electron chi connectivity index (χ0n) is 21.0. The third-order valence-electron chi connectivity index (χ3n) is 6.01. The number of benzene rings is 4. The second-order valence-corrected chi connectivity index (χ2v) is 9.03. The highest BCUT2D eigenvalue weighted by atomic mass is 35.5. The Balaban J connectivity index is 1.63. The minimum atomic E-state index is -0.895. The molecule has 0 spiro atoms. The number of carbonyl (C=O) groups is 2. The maximum absolute atomic E-state index is 13.8. The quantitative estimate of drug-likeness (QED) is 0.266. The number of hydrogen-bond acceptors (Lipinski definition) is 4. The Kier molecular flexibility index (Phi) is 9.37. The lowest BCUT2D eigenvalue weighted by atomic mass is 10.0. The number of nitrogens with one attached hydrogen (secondary N) is 1. The van der Waals surface area contributed by atoms with Gasteiger partial charge in [-0.3, -0.25) is 9.59 Å². The van der Waals surface area contributed by atoms with Crippen LogP contribution >= 0.6 is 11.6 Å². The standard InChI is InChI=1S/C31H29ClN2O4/c1-37-28-15-9-8-12-25(28)20-33-31(36)30(24-10-4-2-5-11-24)34(21-23-16-18-26(32)19-17-23)29(35)22-38-27-13-6-3-7-14-27/h2-19,30H,20-22H2,1H3,(H,33,36)/t30-/m1/s1. The van der Waals surface area contributed by atoms with Gasteiger partial charge in [0.1, 0.15) is 17.5 Å². The molecule has 0 radical (unpaired) electrons. The number of amides is 2. The number of nitrogens with zero attached hydrogens (tertiary/aromatic N) is 1. The first kappa shape index (κ1) is 26.8. The largest absolute Gasteiger partial charge is 0.496 e. The third kappa shape index (κ3) is 7.14. The lowest BCUT2D eigenvalue weighted by Gasteiger charge is -2.31. The molecule has 38 heavy (non-hydrogen) atoms. The van der Waals surface area contributed by atoms with E-state index >= 15 is 0 Å². The lowest BCUT2D eigenvalue weighted by Crippen LogP contribution is -2.45. The Morgan fingerprint density at radius 2 is 1.47 bits per heavy atom. The van der Waals surface area contributed by atoms with Crippen molar-refractivity contribution in [2.45, 2.75) is 19.1 Å². The number of carbonyl (C=O) groups excluding carboxylic acids is 2. The van der Waals surface area contributed by atoms with E-state index in [0.717, 1.165) is 11.1 Å². The van der Waals surface area contributed by atoms with Gasteiger partial charge in [0, 0.05) is 23.7 Å². The molecule has 0 unspecified atom stereocenters. The summed E-state index contributed by atoms with van der Waals surface area (Å²) in [7, 11) is 1.59. The predicted octanol–water partition coefficient (Wildman–Crippen LogP) is 5.81. The van der Waals surface area contributed by atoms with Crippen LogP contribution in [0.25, 0.3) is 0 Å². The summed E-state index contributed by atoms with van der Waals surface area (Å²) < 4.78 is 11.2. The van der Waals surface area contributed by atoms with E-state index in [4.69, 9.17) is 21.1 Å². The van der Waals surface area contributed by atoms with E-state index in [1.807, 2.05) is 84.9 Å². The van der Waals surface area contributed by atoms with Crippen LogP contribution in [-0.4, -0.2) is 30.4 Å². The van der Waals surface area contributed by atoms with Crippen molar-refractivity contribution in [2.24, 2.45) is 0 Å². The highest BCUT2D eigenvalue weighted by Gasteiger charge is 2.32. The van der Waals surface area contributed by atoms with Gasteiger partial charge in [-0.2, -0.15) is 0 Å². The summed E-state index contributed by atoms with van der Waals surface area (Å²) >= 11 is 6.09. The molecule has 194 valence electrons. The maximum atomic E-state index is 13.8. The van der Waals surface area contributed by atoms with Crippen LogP contribution in [-0.2, 0) is 22.7 Å². The fraction of sp³-hybridized carbons (Fsp3) is 0.161. The van der Waals surface area contributed by atoms with Crippen molar-refractivity contribution < 1.29 is 19.1 Å². The molecule has 4 aromatic carbocycles. The van der Waals surface area contributed by atoms with Crippen molar-refractivity contribution in [1.29, 1.82) is 0 Å². The van der Waals surface area contributed by atoms with Crippen LogP contribution in [0, 0.1) is 0 Å². The first-order valence-corrected chi connectivity index (χ1v) is 12.6. The molecule has 0 saturated carbocycles. The molecule has 2 amide bonds. The molecule has 6 nitrogen and oxygen atoms in total. The van der Waals surface area contributed by atoms with Gasteiger partial charge in [-0.15, -0.1) is 0 Å². The number of hydrogen-bond donors (Lipinski definition) is 1. The zero-order chi connectivity index (χ0) is 26.7. The molecular formula is C31H29ClN2O4. The molecule has 0 aliphatic rings. The molecule has 4 rings (SSSR count). The number of ether oxygens (including phenoxy) is 2. The smallest absolute Gasteiger partial charge is 0.261 e. The van der Waals surface area contributed by atoms with E-state index in [1.54, 1.807) is 36.3 Å². The normalized spacial score (nSPS) is 11.3. The fourth-order valence-corrected chi connectivity index (χ4v) is 4.22. The second kappa shape index (κ2) is 13.3. The summed E-state index contributed by atoms with van der Waals surface area (Å²) in [4.78, 5) is 29.0. The van der Waals surface area contributed by atoms with Gasteiger partial charge in [0.2, 0.25) is 5.91 Å². The zero-order valence-corrected chi connectivity index (χ0v) is 21.8. The van der Waals surface area contributed by atoms with Gasteiger partial charge >= 0.3 is 0 Å². The topological polar surface area (TPSA) is 67.9 Å². The molecule has 7 heteroatoms. The van der Waals surface area contributed by atoms with Crippen LogP contribution in [0.1, 0.15) is 22.7 Å². The predicted molar refractivity (Wildman–Crippen MR) is 148 cm³/mol. The minimum Gasteiger partial charge on any atom is -0.496 e. The van der Waals surface area contributed by atoms with Crippen molar-refractivity contribution in [3.63, 3.8) is 0 Å². The van der Waals surface area contributed by atoms with Crippen LogP contribution in [0.2, 0.25) is 5.02 Å². The molecule has 0 aromatic heterocycles. The minimum absolute atomic E-state index is 0.190. The van der Waals surface area contributed by atoms with Gasteiger partial charge in [-0.05, 0) is 41.5 Å². The van der Waals surface area contributed by atoms with E-state index in [0.29, 0.717) is 22.1 Å². The van der Waals surface area contributed by atoms with E-state index in [2.05, 4.69) is 5.32 Å². The SMILES string of the molecule is COc1ccccc1CNC(=O)[C@@H](c1ccccc1)N(Cc1ccc(Cl)cc1)C(=O)COc1ccccc1. The Morgan fingerprint density at radius 1 is 0.842 bits per heavy atom. The van der Waals surface area contributed by atoms with Crippen LogP contribution in [0.15, 0.2) is 109 Å². The van der Waals surface area contributed by atoms with Crippen LogP contribution in [0.3, 0.4) is 0 Å². The van der Waals surface area contributed by atoms with E-state index in [-0.39, 0.29) is 31.5 Å². The Hall–Kier alpha value is -4.29. The van der Waals surface area contributed by atoms with Crippen molar-refractivity contribution in [3.05, 3.63) is 131 Å². The molecule has 0 bridgehead atoms. The summed E-state index contributed by atoms with van der Waals surface area (Å²) in [6.45, 7) is 0.214. The molecule has 4 aromatic rings. The molecule has 1 N–H and O–H groups in total. The molecule has 0 aliphatic heterocycles. The monoisotopic (exact) mass is 528 g/mol. The highest BCUT2D eigenvalue weighted by Crippen LogP contribution is 2.26. The van der Waals surface area contributed by atoms with Gasteiger partial charge in [0.15, 0.2) is 6.61 Å². The summed E-state index contributed by atoms with van der Waals surface area (Å²) in [6.07, 6.45) is 0. The number of methoxy groups -OCH3 is 1. The molecule has 0 saturated heterocycles. The molecular weight excluding hydrogens is 500 g/mol. The fourth-order valence-electron chi connectivity index (χ4n) is 4.09. The van der Waals surface area contributed by atoms with Gasteiger partial charge in [0.25, 0.3) is 5.91 Å². The Morgan fingerprint density at radius 3 is 2.16 bits per heavy atom. The summed E-state index contributed by atoms with van der Waals surface area (Å²) in [5, 5.41) is 3.59. The number of halogens is 1. The van der Waals surface area contributed by atoms with Crippen LogP contribution < -0.4 is 14.8 Å². The van der Waals surface area contributed by atoms with Crippen LogP contribution in [0.5, 0.6) is 11.5 Å². The first-order valence-electron chi connectivity index (χ1n) is 12.2. The van der Waals surface area contributed by atoms with Gasteiger partial charge in [0.05, 0.1) is 7.11 Å². The summed E-state index contributed by atoms with van der Waals surface area (Å²) in [5.74, 6) is 0.604. The summed E-state index contributed by atoms with van der Waals surface area (Å²) in [6, 6.07) is 32.2. The van der Waals surface area contributed by atoms with E-state index in [1.165, 1.54) is 0 Å². The second-order valence-electron chi connectivity index (χ2n) is 8.59. The maximum Gasteiger partial charge on any atom is 0.261 e. The Labute approximate surface area is 227 Å². The highest BCUT2D eigenvalue weighted by molar-refractivity contribution is 6.30. The number of rotatable bonds is 11. The lowest BCUT2D eigenvalue weighted by molar-refractivity contribution is -0.143. The van der Waals surface area contributed by atoms with Crippen molar-refractivity contribution in [1.82, 2.24) is 10.2 Å². The van der Waals surface area contributed by atoms with Crippen molar-refractivity contribution in [2.75, 3.05) is 13.7 Å². The van der Waals surface area contributed by atoms with Gasteiger partial charge in [-0.25, -0.2) is 0 Å². The van der Waals surface area contributed by atoms with E-state index < -0.39 is 6.04 Å². The molecule has 0 aliphatic carbocycles.